The van der Waals surface area contributed by atoms with Crippen molar-refractivity contribution in [2.75, 3.05) is 26.3 Å². The molecule has 0 aliphatic carbocycles. The molecule has 2 aromatic rings. The van der Waals surface area contributed by atoms with Crippen LogP contribution < -0.4 is 4.90 Å². The molecule has 0 amide bonds. The first kappa shape index (κ1) is 14.4. The summed E-state index contributed by atoms with van der Waals surface area (Å²) in [5, 5.41) is 8.42. The van der Waals surface area contributed by atoms with Gasteiger partial charge in [-0.25, -0.2) is 0 Å². The van der Waals surface area contributed by atoms with Crippen LogP contribution in [0.15, 0.2) is 18.2 Å². The predicted molar refractivity (Wildman–Crippen MR) is 81.2 cm³/mol. The highest BCUT2D eigenvalue weighted by atomic mass is 32.1. The Hall–Kier alpha value is -1.57. The molecule has 0 unspecified atom stereocenters. The Balaban J connectivity index is 1.86. The number of tetrazole rings is 1. The SMILES string of the molecule is Cc1cc(C)cc(-n2nnn(C[NH+]3CCOCC3)c2=S)c1. The fourth-order valence-electron chi connectivity index (χ4n) is 2.64. The van der Waals surface area contributed by atoms with Crippen LogP contribution in [0, 0.1) is 18.6 Å². The number of quaternary nitrogens is 1. The van der Waals surface area contributed by atoms with Crippen molar-refractivity contribution < 1.29 is 9.64 Å². The molecule has 0 spiro atoms. The van der Waals surface area contributed by atoms with Crippen LogP contribution in [0.25, 0.3) is 5.69 Å². The van der Waals surface area contributed by atoms with Crippen molar-refractivity contribution in [1.29, 1.82) is 0 Å². The van der Waals surface area contributed by atoms with Gasteiger partial charge in [-0.1, -0.05) is 6.07 Å². The minimum Gasteiger partial charge on any atom is -0.370 e. The van der Waals surface area contributed by atoms with Gasteiger partial charge in [-0.2, -0.15) is 9.36 Å². The second kappa shape index (κ2) is 6.05. The predicted octanol–water partition coefficient (Wildman–Crippen LogP) is 0.288. The molecule has 0 radical (unpaired) electrons. The van der Waals surface area contributed by atoms with Crippen molar-refractivity contribution in [2.24, 2.45) is 0 Å². The molecule has 1 aliphatic heterocycles. The first-order valence-electron chi connectivity index (χ1n) is 7.16. The van der Waals surface area contributed by atoms with E-state index in [4.69, 9.17) is 17.0 Å². The molecule has 1 N–H and O–H groups in total. The van der Waals surface area contributed by atoms with Gasteiger partial charge in [-0.3, -0.25) is 0 Å². The molecule has 112 valence electrons. The second-order valence-electron chi connectivity index (χ2n) is 5.54. The Morgan fingerprint density at radius 2 is 1.81 bits per heavy atom. The Morgan fingerprint density at radius 1 is 1.14 bits per heavy atom. The molecule has 2 heterocycles. The minimum atomic E-state index is 0.638. The normalized spacial score (nSPS) is 16.3. The molecular formula is C14H20N5OS+. The van der Waals surface area contributed by atoms with Crippen LogP contribution >= 0.6 is 12.2 Å². The summed E-state index contributed by atoms with van der Waals surface area (Å²) in [7, 11) is 0. The molecule has 21 heavy (non-hydrogen) atoms. The van der Waals surface area contributed by atoms with Crippen molar-refractivity contribution in [3.05, 3.63) is 34.1 Å². The second-order valence-corrected chi connectivity index (χ2v) is 5.90. The van der Waals surface area contributed by atoms with Crippen molar-refractivity contribution in [1.82, 2.24) is 19.8 Å². The summed E-state index contributed by atoms with van der Waals surface area (Å²) in [4.78, 5) is 1.42. The van der Waals surface area contributed by atoms with Gasteiger partial charge in [0, 0.05) is 0 Å². The molecule has 1 aliphatic rings. The number of nitrogens with zero attached hydrogens (tertiary/aromatic N) is 4. The number of morpholine rings is 1. The number of rotatable bonds is 3. The molecule has 0 bridgehead atoms. The number of benzene rings is 1. The summed E-state index contributed by atoms with van der Waals surface area (Å²) in [6, 6.07) is 6.28. The van der Waals surface area contributed by atoms with E-state index in [0.29, 0.717) is 4.77 Å². The minimum absolute atomic E-state index is 0.638. The quantitative estimate of drug-likeness (QED) is 0.828. The van der Waals surface area contributed by atoms with Crippen molar-refractivity contribution >= 4 is 12.2 Å². The maximum atomic E-state index is 5.52. The van der Waals surface area contributed by atoms with Gasteiger partial charge >= 0.3 is 0 Å². The maximum absolute atomic E-state index is 5.52. The lowest BCUT2D eigenvalue weighted by Crippen LogP contribution is -3.13. The lowest BCUT2D eigenvalue weighted by Gasteiger charge is -2.22. The molecule has 0 saturated carbocycles. The fourth-order valence-corrected chi connectivity index (χ4v) is 2.88. The van der Waals surface area contributed by atoms with E-state index < -0.39 is 0 Å². The van der Waals surface area contributed by atoms with Gasteiger partial charge in [-0.15, -0.1) is 0 Å². The largest absolute Gasteiger partial charge is 0.370 e. The smallest absolute Gasteiger partial charge is 0.225 e. The third kappa shape index (κ3) is 3.20. The van der Waals surface area contributed by atoms with Crippen LogP contribution in [0.5, 0.6) is 0 Å². The summed E-state index contributed by atoms with van der Waals surface area (Å²) in [5.41, 5.74) is 3.36. The van der Waals surface area contributed by atoms with Crippen LogP contribution in [0.3, 0.4) is 0 Å². The third-order valence-electron chi connectivity index (χ3n) is 3.66. The van der Waals surface area contributed by atoms with E-state index in [0.717, 1.165) is 38.7 Å². The first-order valence-corrected chi connectivity index (χ1v) is 7.57. The first-order chi connectivity index (χ1) is 10.1. The zero-order valence-electron chi connectivity index (χ0n) is 12.4. The zero-order valence-corrected chi connectivity index (χ0v) is 13.2. The highest BCUT2D eigenvalue weighted by Gasteiger charge is 2.16. The van der Waals surface area contributed by atoms with Crippen molar-refractivity contribution in [2.45, 2.75) is 20.5 Å². The van der Waals surface area contributed by atoms with Crippen LogP contribution in [0.4, 0.5) is 0 Å². The summed E-state index contributed by atoms with van der Waals surface area (Å²) in [6.45, 7) is 8.45. The van der Waals surface area contributed by atoms with Crippen LogP contribution in [-0.4, -0.2) is 46.1 Å². The van der Waals surface area contributed by atoms with Gasteiger partial charge in [0.15, 0.2) is 6.67 Å². The van der Waals surface area contributed by atoms with Crippen LogP contribution in [0.2, 0.25) is 0 Å². The Bertz CT molecular complexity index is 667. The van der Waals surface area contributed by atoms with E-state index in [2.05, 4.69) is 42.5 Å². The monoisotopic (exact) mass is 306 g/mol. The van der Waals surface area contributed by atoms with Gasteiger partial charge in [0.2, 0.25) is 4.77 Å². The Morgan fingerprint density at radius 3 is 2.48 bits per heavy atom. The standard InChI is InChI=1S/C14H19N5OS/c1-11-7-12(2)9-13(8-11)19-14(21)18(15-16-19)10-17-3-5-20-6-4-17/h7-9H,3-6,10H2,1-2H3/p+1. The third-order valence-corrected chi connectivity index (χ3v) is 4.05. The number of aryl methyl sites for hydroxylation is 2. The molecule has 6 nitrogen and oxygen atoms in total. The topological polar surface area (TPSA) is 49.3 Å². The number of aromatic nitrogens is 4. The van der Waals surface area contributed by atoms with Gasteiger partial charge in [-0.05, 0) is 59.8 Å². The molecule has 0 atom stereocenters. The number of nitrogens with one attached hydrogen (secondary N) is 1. The molecule has 3 rings (SSSR count). The van der Waals surface area contributed by atoms with Crippen LogP contribution in [-0.2, 0) is 11.4 Å². The fraction of sp³-hybridized carbons (Fsp3) is 0.500. The number of hydrogen-bond donors (Lipinski definition) is 1. The van der Waals surface area contributed by atoms with E-state index in [1.807, 2.05) is 0 Å². The lowest BCUT2D eigenvalue weighted by atomic mass is 10.1. The lowest BCUT2D eigenvalue weighted by molar-refractivity contribution is -0.931. The van der Waals surface area contributed by atoms with Crippen LogP contribution in [0.1, 0.15) is 11.1 Å². The van der Waals surface area contributed by atoms with Gasteiger partial charge < -0.3 is 9.64 Å². The number of hydrogen-bond acceptors (Lipinski definition) is 4. The summed E-state index contributed by atoms with van der Waals surface area (Å²) >= 11 is 5.52. The van der Waals surface area contributed by atoms with Crippen molar-refractivity contribution in [3.8, 4) is 5.69 Å². The maximum Gasteiger partial charge on any atom is 0.225 e. The molecule has 1 saturated heterocycles. The Kier molecular flexibility index (Phi) is 4.14. The van der Waals surface area contributed by atoms with E-state index in [1.54, 1.807) is 9.36 Å². The van der Waals surface area contributed by atoms with Gasteiger partial charge in [0.25, 0.3) is 0 Å². The average molecular weight is 306 g/mol. The van der Waals surface area contributed by atoms with E-state index in [1.165, 1.54) is 16.0 Å². The van der Waals surface area contributed by atoms with Gasteiger partial charge in [0.1, 0.15) is 13.1 Å². The highest BCUT2D eigenvalue weighted by Crippen LogP contribution is 2.12. The molecule has 1 fully saturated rings. The summed E-state index contributed by atoms with van der Waals surface area (Å²) in [5.74, 6) is 0. The van der Waals surface area contributed by atoms with E-state index >= 15 is 0 Å². The summed E-state index contributed by atoms with van der Waals surface area (Å²) in [6.07, 6.45) is 0. The number of ether oxygens (including phenoxy) is 1. The zero-order chi connectivity index (χ0) is 14.8. The van der Waals surface area contributed by atoms with E-state index in [-0.39, 0.29) is 0 Å². The highest BCUT2D eigenvalue weighted by molar-refractivity contribution is 7.71. The van der Waals surface area contributed by atoms with E-state index in [9.17, 15) is 0 Å². The molecule has 1 aromatic carbocycles. The molecule has 1 aromatic heterocycles. The van der Waals surface area contributed by atoms with Crippen molar-refractivity contribution in [3.63, 3.8) is 0 Å². The Labute approximate surface area is 128 Å². The summed E-state index contributed by atoms with van der Waals surface area (Å²) < 4.78 is 9.54. The molecular weight excluding hydrogens is 286 g/mol. The van der Waals surface area contributed by atoms with Gasteiger partial charge in [0.05, 0.1) is 18.9 Å². The average Bonchev–Trinajstić information content (AvgIpc) is 2.80. The molecule has 7 heteroatoms.